The Morgan fingerprint density at radius 3 is 2.46 bits per heavy atom. The Kier molecular flexibility index (Phi) is 4.85. The summed E-state index contributed by atoms with van der Waals surface area (Å²) in [5, 5.41) is 12.0. The van der Waals surface area contributed by atoms with Crippen molar-refractivity contribution in [3.05, 3.63) is 66.1 Å². The van der Waals surface area contributed by atoms with Crippen LogP contribution in [0.15, 0.2) is 54.9 Å². The van der Waals surface area contributed by atoms with Gasteiger partial charge in [-0.25, -0.2) is 4.98 Å². The smallest absolute Gasteiger partial charge is 0.387 e. The molecule has 4 rings (SSSR count). The number of nitrogens with one attached hydrogen (secondary N) is 1. The van der Waals surface area contributed by atoms with Crippen LogP contribution in [0, 0.1) is 11.3 Å². The highest BCUT2D eigenvalue weighted by Gasteiger charge is 2.25. The average molecular weight is 378 g/mol. The molecule has 0 bridgehead atoms. The van der Waals surface area contributed by atoms with Crippen molar-refractivity contribution < 1.29 is 13.5 Å². The van der Waals surface area contributed by atoms with Crippen molar-refractivity contribution in [1.29, 1.82) is 5.26 Å². The van der Waals surface area contributed by atoms with E-state index in [2.05, 4.69) is 15.3 Å². The Morgan fingerprint density at radius 2 is 1.86 bits per heavy atom. The molecule has 2 aromatic carbocycles. The molecule has 5 nitrogen and oxygen atoms in total. The minimum atomic E-state index is -2.98. The zero-order chi connectivity index (χ0) is 19.5. The third-order valence-electron chi connectivity index (χ3n) is 4.48. The van der Waals surface area contributed by atoms with Gasteiger partial charge in [0.2, 0.25) is 0 Å². The number of benzene rings is 2. The van der Waals surface area contributed by atoms with Crippen LogP contribution in [0.25, 0.3) is 11.1 Å². The maximum Gasteiger partial charge on any atom is 0.387 e. The average Bonchev–Trinajstić information content (AvgIpc) is 3.55. The normalized spacial score (nSPS) is 13.2. The number of ether oxygens (including phenoxy) is 1. The second-order valence-corrected chi connectivity index (χ2v) is 6.48. The van der Waals surface area contributed by atoms with Crippen molar-refractivity contribution in [1.82, 2.24) is 9.97 Å². The topological polar surface area (TPSA) is 70.8 Å². The van der Waals surface area contributed by atoms with Crippen LogP contribution < -0.4 is 10.1 Å². The number of anilines is 2. The van der Waals surface area contributed by atoms with E-state index in [9.17, 15) is 8.78 Å². The Morgan fingerprint density at radius 1 is 1.07 bits per heavy atom. The highest BCUT2D eigenvalue weighted by Crippen LogP contribution is 2.40. The van der Waals surface area contributed by atoms with Gasteiger partial charge in [0.1, 0.15) is 5.82 Å². The molecular formula is C21H16F2N4O. The van der Waals surface area contributed by atoms with Gasteiger partial charge in [0, 0.05) is 11.5 Å². The summed E-state index contributed by atoms with van der Waals surface area (Å²) in [6.07, 6.45) is 5.55. The molecule has 0 aliphatic heterocycles. The molecule has 1 fully saturated rings. The van der Waals surface area contributed by atoms with E-state index in [0.717, 1.165) is 18.5 Å². The second kappa shape index (κ2) is 7.61. The summed E-state index contributed by atoms with van der Waals surface area (Å²) in [5.41, 5.74) is 2.93. The minimum Gasteiger partial charge on any atom is -0.432 e. The summed E-state index contributed by atoms with van der Waals surface area (Å²) in [4.78, 5) is 8.71. The summed E-state index contributed by atoms with van der Waals surface area (Å²) in [7, 11) is 0. The van der Waals surface area contributed by atoms with Crippen LogP contribution >= 0.6 is 0 Å². The molecule has 0 radical (unpaired) electrons. The number of nitriles is 1. The van der Waals surface area contributed by atoms with Gasteiger partial charge in [0.15, 0.2) is 5.75 Å². The standard InChI is InChI=1S/C21H16F2N4O/c22-21(23)28-20-16(14-6-4-13(10-24)5-7-14)2-1-3-17(20)27-19-12-25-18(11-26-19)15-8-9-15/h1-7,11-12,15,21H,8-9H2,(H,26,27). The molecule has 0 amide bonds. The molecular weight excluding hydrogens is 362 g/mol. The maximum absolute atomic E-state index is 13.1. The van der Waals surface area contributed by atoms with Gasteiger partial charge in [-0.3, -0.25) is 4.98 Å². The molecule has 3 aromatic rings. The van der Waals surface area contributed by atoms with Gasteiger partial charge in [-0.15, -0.1) is 0 Å². The first-order chi connectivity index (χ1) is 13.6. The molecule has 28 heavy (non-hydrogen) atoms. The lowest BCUT2D eigenvalue weighted by Crippen LogP contribution is -2.06. The molecule has 1 aliphatic carbocycles. The van der Waals surface area contributed by atoms with E-state index in [1.54, 1.807) is 54.9 Å². The quantitative estimate of drug-likeness (QED) is 0.635. The van der Waals surface area contributed by atoms with Crippen LogP contribution in [-0.4, -0.2) is 16.6 Å². The SMILES string of the molecule is N#Cc1ccc(-c2cccc(Nc3cnc(C4CC4)cn3)c2OC(F)F)cc1. The Labute approximate surface area is 160 Å². The van der Waals surface area contributed by atoms with Crippen LogP contribution in [-0.2, 0) is 0 Å². The molecule has 0 atom stereocenters. The van der Waals surface area contributed by atoms with E-state index < -0.39 is 6.61 Å². The third kappa shape index (κ3) is 3.91. The monoisotopic (exact) mass is 378 g/mol. The molecule has 0 unspecified atom stereocenters. The fraction of sp³-hybridized carbons (Fsp3) is 0.190. The highest BCUT2D eigenvalue weighted by atomic mass is 19.3. The van der Waals surface area contributed by atoms with Crippen molar-refractivity contribution in [2.24, 2.45) is 0 Å². The van der Waals surface area contributed by atoms with Gasteiger partial charge in [0.25, 0.3) is 0 Å². The van der Waals surface area contributed by atoms with E-state index in [0.29, 0.717) is 34.1 Å². The predicted molar refractivity (Wildman–Crippen MR) is 101 cm³/mol. The summed E-state index contributed by atoms with van der Waals surface area (Å²) >= 11 is 0. The van der Waals surface area contributed by atoms with Crippen molar-refractivity contribution in [2.45, 2.75) is 25.4 Å². The minimum absolute atomic E-state index is 0.00952. The van der Waals surface area contributed by atoms with Crippen LogP contribution in [0.5, 0.6) is 5.75 Å². The molecule has 140 valence electrons. The number of para-hydroxylation sites is 1. The van der Waals surface area contributed by atoms with Gasteiger partial charge < -0.3 is 10.1 Å². The largest absolute Gasteiger partial charge is 0.432 e. The predicted octanol–water partition coefficient (Wildman–Crippen LogP) is 5.24. The van der Waals surface area contributed by atoms with Crippen LogP contribution in [0.2, 0.25) is 0 Å². The fourth-order valence-corrected chi connectivity index (χ4v) is 2.93. The van der Waals surface area contributed by atoms with Crippen LogP contribution in [0.1, 0.15) is 30.0 Å². The van der Waals surface area contributed by atoms with Gasteiger partial charge >= 0.3 is 6.61 Å². The lowest BCUT2D eigenvalue weighted by atomic mass is 10.0. The first-order valence-electron chi connectivity index (χ1n) is 8.81. The fourth-order valence-electron chi connectivity index (χ4n) is 2.93. The Bertz CT molecular complexity index is 1010. The second-order valence-electron chi connectivity index (χ2n) is 6.48. The number of halogens is 2. The number of nitrogens with zero attached hydrogens (tertiary/aromatic N) is 3. The van der Waals surface area contributed by atoms with E-state index in [1.807, 2.05) is 6.07 Å². The molecule has 0 spiro atoms. The number of aromatic nitrogens is 2. The zero-order valence-electron chi connectivity index (χ0n) is 14.8. The number of alkyl halides is 2. The van der Waals surface area contributed by atoms with E-state index in [-0.39, 0.29) is 5.75 Å². The van der Waals surface area contributed by atoms with Crippen LogP contribution in [0.3, 0.4) is 0 Å². The summed E-state index contributed by atoms with van der Waals surface area (Å²) in [6, 6.07) is 13.7. The Hall–Kier alpha value is -3.53. The highest BCUT2D eigenvalue weighted by molar-refractivity contribution is 5.80. The van der Waals surface area contributed by atoms with Crippen molar-refractivity contribution >= 4 is 11.5 Å². The van der Waals surface area contributed by atoms with Gasteiger partial charge in [-0.1, -0.05) is 24.3 Å². The van der Waals surface area contributed by atoms with Crippen molar-refractivity contribution in [3.8, 4) is 22.9 Å². The lowest BCUT2D eigenvalue weighted by Gasteiger charge is -2.16. The molecule has 1 aliphatic rings. The molecule has 1 saturated carbocycles. The van der Waals surface area contributed by atoms with Gasteiger partial charge in [-0.05, 0) is 36.6 Å². The van der Waals surface area contributed by atoms with E-state index in [1.165, 1.54) is 0 Å². The molecule has 0 saturated heterocycles. The number of hydrogen-bond donors (Lipinski definition) is 1. The van der Waals surface area contributed by atoms with E-state index >= 15 is 0 Å². The molecule has 1 N–H and O–H groups in total. The number of rotatable bonds is 6. The summed E-state index contributed by atoms with van der Waals surface area (Å²) in [6.45, 7) is -2.98. The van der Waals surface area contributed by atoms with Crippen LogP contribution in [0.4, 0.5) is 20.3 Å². The number of hydrogen-bond acceptors (Lipinski definition) is 5. The molecule has 1 aromatic heterocycles. The lowest BCUT2D eigenvalue weighted by molar-refractivity contribution is -0.0489. The van der Waals surface area contributed by atoms with Crippen molar-refractivity contribution in [2.75, 3.05) is 5.32 Å². The Balaban J connectivity index is 1.68. The third-order valence-corrected chi connectivity index (χ3v) is 4.48. The zero-order valence-corrected chi connectivity index (χ0v) is 14.8. The molecule has 7 heteroatoms. The van der Waals surface area contributed by atoms with Gasteiger partial charge in [-0.2, -0.15) is 14.0 Å². The summed E-state index contributed by atoms with van der Waals surface area (Å²) in [5.74, 6) is 0.940. The summed E-state index contributed by atoms with van der Waals surface area (Å²) < 4.78 is 31.0. The van der Waals surface area contributed by atoms with E-state index in [4.69, 9.17) is 10.00 Å². The van der Waals surface area contributed by atoms with Crippen molar-refractivity contribution in [3.63, 3.8) is 0 Å². The first-order valence-corrected chi connectivity index (χ1v) is 8.81. The first kappa shape index (κ1) is 17.9. The maximum atomic E-state index is 13.1. The van der Waals surface area contributed by atoms with Gasteiger partial charge in [0.05, 0.1) is 35.4 Å². The molecule has 1 heterocycles.